The summed E-state index contributed by atoms with van der Waals surface area (Å²) in [6.45, 7) is 5.72. The first kappa shape index (κ1) is 8.83. The molecule has 0 saturated heterocycles. The molecule has 12 heavy (non-hydrogen) atoms. The van der Waals surface area contributed by atoms with Crippen LogP contribution in [0.3, 0.4) is 0 Å². The van der Waals surface area contributed by atoms with Crippen molar-refractivity contribution >= 4 is 6.21 Å². The van der Waals surface area contributed by atoms with Gasteiger partial charge in [0.15, 0.2) is 0 Å². The lowest BCUT2D eigenvalue weighted by Crippen LogP contribution is -2.38. The highest BCUT2D eigenvalue weighted by Crippen LogP contribution is 2.04. The van der Waals surface area contributed by atoms with Crippen molar-refractivity contribution in [1.29, 1.82) is 0 Å². The number of hydrazone groups is 1. The van der Waals surface area contributed by atoms with E-state index < -0.39 is 0 Å². The van der Waals surface area contributed by atoms with Crippen molar-refractivity contribution in [2.45, 2.75) is 13.8 Å². The normalized spacial score (nSPS) is 15.6. The standard InChI is InChI=1S/C7H13FN4/c1-3-11(4-2)7-5-6-9-12(8)10-7/h5-6,10H,3-4H2,1-2H3. The Morgan fingerprint density at radius 3 is 2.75 bits per heavy atom. The molecule has 1 aliphatic rings. The topological polar surface area (TPSA) is 30.9 Å². The number of rotatable bonds is 3. The summed E-state index contributed by atoms with van der Waals surface area (Å²) in [4.78, 5) is 2.00. The fraction of sp³-hybridized carbons (Fsp3) is 0.571. The maximum absolute atomic E-state index is 12.5. The summed E-state index contributed by atoms with van der Waals surface area (Å²) in [5, 5.41) is 3.56. The summed E-state index contributed by atoms with van der Waals surface area (Å²) < 4.78 is 12.5. The van der Waals surface area contributed by atoms with Gasteiger partial charge >= 0.3 is 0 Å². The van der Waals surface area contributed by atoms with Gasteiger partial charge in [-0.2, -0.15) is 0 Å². The second kappa shape index (κ2) is 3.94. The highest BCUT2D eigenvalue weighted by Gasteiger charge is 2.10. The van der Waals surface area contributed by atoms with Crippen molar-refractivity contribution in [3.8, 4) is 0 Å². The molecule has 0 radical (unpaired) electrons. The van der Waals surface area contributed by atoms with Gasteiger partial charge in [0.1, 0.15) is 5.82 Å². The highest BCUT2D eigenvalue weighted by atomic mass is 19.2. The number of nitrogens with zero attached hydrogens (tertiary/aromatic N) is 3. The minimum absolute atomic E-state index is 0.202. The zero-order valence-electron chi connectivity index (χ0n) is 7.29. The smallest absolute Gasteiger partial charge is 0.126 e. The molecule has 5 heteroatoms. The molecule has 0 spiro atoms. The Morgan fingerprint density at radius 2 is 2.25 bits per heavy atom. The molecule has 0 aromatic rings. The van der Waals surface area contributed by atoms with Gasteiger partial charge < -0.3 is 4.90 Å². The van der Waals surface area contributed by atoms with E-state index in [9.17, 15) is 4.48 Å². The van der Waals surface area contributed by atoms with E-state index in [1.807, 2.05) is 18.7 Å². The van der Waals surface area contributed by atoms with E-state index in [1.54, 1.807) is 6.08 Å². The van der Waals surface area contributed by atoms with Gasteiger partial charge in [-0.15, -0.1) is 5.10 Å². The second-order valence-electron chi connectivity index (χ2n) is 2.36. The van der Waals surface area contributed by atoms with Crippen molar-refractivity contribution in [3.63, 3.8) is 0 Å². The molecule has 0 aromatic heterocycles. The third kappa shape index (κ3) is 1.87. The first-order chi connectivity index (χ1) is 5.77. The van der Waals surface area contributed by atoms with Crippen LogP contribution < -0.4 is 5.43 Å². The van der Waals surface area contributed by atoms with E-state index in [4.69, 9.17) is 0 Å². The maximum Gasteiger partial charge on any atom is 0.126 e. The van der Waals surface area contributed by atoms with E-state index in [1.165, 1.54) is 6.21 Å². The van der Waals surface area contributed by atoms with Crippen molar-refractivity contribution in [3.05, 3.63) is 11.9 Å². The highest BCUT2D eigenvalue weighted by molar-refractivity contribution is 5.72. The average Bonchev–Trinajstić information content (AvgIpc) is 2.07. The molecule has 0 atom stereocenters. The van der Waals surface area contributed by atoms with Crippen LogP contribution in [0.1, 0.15) is 13.8 Å². The van der Waals surface area contributed by atoms with Crippen molar-refractivity contribution in [2.75, 3.05) is 13.1 Å². The third-order valence-corrected chi connectivity index (χ3v) is 1.71. The van der Waals surface area contributed by atoms with Gasteiger partial charge in [0, 0.05) is 19.2 Å². The SMILES string of the molecule is CCN(CC)C1=CC=NN(F)N1. The predicted molar refractivity (Wildman–Crippen MR) is 45.6 cm³/mol. The van der Waals surface area contributed by atoms with Gasteiger partial charge in [-0.3, -0.25) is 0 Å². The fourth-order valence-electron chi connectivity index (χ4n) is 1.06. The van der Waals surface area contributed by atoms with Crippen LogP contribution >= 0.6 is 0 Å². The second-order valence-corrected chi connectivity index (χ2v) is 2.36. The molecule has 1 rings (SSSR count). The van der Waals surface area contributed by atoms with Crippen molar-refractivity contribution in [1.82, 2.24) is 15.7 Å². The Kier molecular flexibility index (Phi) is 2.90. The van der Waals surface area contributed by atoms with Gasteiger partial charge in [0.2, 0.25) is 0 Å². The molecule has 0 saturated carbocycles. The lowest BCUT2D eigenvalue weighted by molar-refractivity contribution is -0.0286. The van der Waals surface area contributed by atoms with Crippen LogP contribution in [-0.4, -0.2) is 29.5 Å². The summed E-state index contributed by atoms with van der Waals surface area (Å²) >= 11 is 0. The molecule has 0 fully saturated rings. The number of hydrogen-bond acceptors (Lipinski definition) is 4. The Hall–Kier alpha value is -1.26. The van der Waals surface area contributed by atoms with Crippen LogP contribution in [0, 0.1) is 0 Å². The van der Waals surface area contributed by atoms with Crippen molar-refractivity contribution in [2.24, 2.45) is 5.10 Å². The van der Waals surface area contributed by atoms with E-state index in [2.05, 4.69) is 10.5 Å². The van der Waals surface area contributed by atoms with Crippen LogP contribution in [0.25, 0.3) is 0 Å². The molecule has 0 unspecified atom stereocenters. The third-order valence-electron chi connectivity index (χ3n) is 1.71. The average molecular weight is 172 g/mol. The monoisotopic (exact) mass is 172 g/mol. The molecule has 4 nitrogen and oxygen atoms in total. The number of allylic oxidation sites excluding steroid dienone is 1. The molecule has 1 heterocycles. The zero-order valence-corrected chi connectivity index (χ0v) is 7.29. The summed E-state index contributed by atoms with van der Waals surface area (Å²) in [5.41, 5.74) is 2.47. The number of hydrazine groups is 1. The Balaban J connectivity index is 2.61. The summed E-state index contributed by atoms with van der Waals surface area (Å²) in [6.07, 6.45) is 3.16. The van der Waals surface area contributed by atoms with Crippen LogP contribution in [0.2, 0.25) is 0 Å². The summed E-state index contributed by atoms with van der Waals surface area (Å²) in [5.74, 6) is 0.734. The molecule has 0 amide bonds. The van der Waals surface area contributed by atoms with Crippen LogP contribution in [-0.2, 0) is 0 Å². The van der Waals surface area contributed by atoms with Crippen LogP contribution in [0.4, 0.5) is 4.48 Å². The maximum atomic E-state index is 12.5. The van der Waals surface area contributed by atoms with Crippen molar-refractivity contribution < 1.29 is 4.48 Å². The summed E-state index contributed by atoms with van der Waals surface area (Å²) in [7, 11) is 0. The van der Waals surface area contributed by atoms with Gasteiger partial charge in [-0.1, -0.05) is 4.48 Å². The molecular weight excluding hydrogens is 159 g/mol. The largest absolute Gasteiger partial charge is 0.357 e. The molecule has 68 valence electrons. The lowest BCUT2D eigenvalue weighted by Gasteiger charge is -2.27. The number of nitrogens with one attached hydrogen (secondary N) is 1. The van der Waals surface area contributed by atoms with Crippen LogP contribution in [0.5, 0.6) is 0 Å². The molecule has 0 aliphatic carbocycles. The van der Waals surface area contributed by atoms with E-state index in [-0.39, 0.29) is 5.34 Å². The molecule has 0 aromatic carbocycles. The first-order valence-corrected chi connectivity index (χ1v) is 3.99. The fourth-order valence-corrected chi connectivity index (χ4v) is 1.06. The number of hydrogen-bond donors (Lipinski definition) is 1. The molecular formula is C7H13FN4. The van der Waals surface area contributed by atoms with Crippen LogP contribution in [0.15, 0.2) is 17.0 Å². The first-order valence-electron chi connectivity index (χ1n) is 3.99. The van der Waals surface area contributed by atoms with Gasteiger partial charge in [-0.25, -0.2) is 5.43 Å². The minimum atomic E-state index is 0.202. The summed E-state index contributed by atoms with van der Waals surface area (Å²) in [6, 6.07) is 0. The van der Waals surface area contributed by atoms with Gasteiger partial charge in [0.05, 0.1) is 6.21 Å². The Labute approximate surface area is 71.2 Å². The van der Waals surface area contributed by atoms with E-state index in [0.717, 1.165) is 18.9 Å². The van der Waals surface area contributed by atoms with Gasteiger partial charge in [-0.05, 0) is 19.2 Å². The quantitative estimate of drug-likeness (QED) is 0.640. The molecule has 1 N–H and O–H groups in total. The molecule has 0 bridgehead atoms. The van der Waals surface area contributed by atoms with E-state index >= 15 is 0 Å². The predicted octanol–water partition coefficient (Wildman–Crippen LogP) is 0.860. The number of halogens is 1. The zero-order chi connectivity index (χ0) is 8.97. The Morgan fingerprint density at radius 1 is 1.58 bits per heavy atom. The van der Waals surface area contributed by atoms with Gasteiger partial charge in [0.25, 0.3) is 0 Å². The van der Waals surface area contributed by atoms with E-state index in [0.29, 0.717) is 0 Å². The lowest BCUT2D eigenvalue weighted by atomic mass is 10.4. The Bertz CT molecular complexity index is 198. The molecule has 1 aliphatic heterocycles. The minimum Gasteiger partial charge on any atom is -0.357 e.